The number of rotatable bonds is 7. The molecule has 0 amide bonds. The first-order valence-corrected chi connectivity index (χ1v) is 14.3. The Bertz CT molecular complexity index is 1260. The lowest BCUT2D eigenvalue weighted by Gasteiger charge is -2.28. The number of benzene rings is 1. The van der Waals surface area contributed by atoms with Crippen molar-refractivity contribution in [3.8, 4) is 0 Å². The van der Waals surface area contributed by atoms with Crippen molar-refractivity contribution in [3.05, 3.63) is 59.4 Å². The molecule has 0 unspecified atom stereocenters. The van der Waals surface area contributed by atoms with Crippen molar-refractivity contribution < 1.29 is 13.2 Å². The monoisotopic (exact) mass is 557 g/mol. The van der Waals surface area contributed by atoms with Crippen LogP contribution in [0.5, 0.6) is 0 Å². The number of nitrogens with zero attached hydrogens (tertiary/aromatic N) is 5. The number of hydrogen-bond acceptors (Lipinski definition) is 8. The van der Waals surface area contributed by atoms with E-state index in [-0.39, 0.29) is 0 Å². The summed E-state index contributed by atoms with van der Waals surface area (Å²) in [4.78, 5) is 20.2. The van der Waals surface area contributed by atoms with Gasteiger partial charge in [-0.1, -0.05) is 0 Å². The van der Waals surface area contributed by atoms with Crippen LogP contribution in [0.4, 0.5) is 36.4 Å². The molecule has 2 aromatic heterocycles. The summed E-state index contributed by atoms with van der Waals surface area (Å²) in [7, 11) is 0. The number of pyridine rings is 1. The maximum absolute atomic E-state index is 13.1. The fourth-order valence-corrected chi connectivity index (χ4v) is 5.68. The zero-order valence-electron chi connectivity index (χ0n) is 22.3. The lowest BCUT2D eigenvalue weighted by atomic mass is 10.1. The van der Waals surface area contributed by atoms with Crippen molar-refractivity contribution >= 4 is 35.2 Å². The highest BCUT2D eigenvalue weighted by Gasteiger charge is 2.30. The van der Waals surface area contributed by atoms with E-state index in [1.54, 1.807) is 11.9 Å². The maximum Gasteiger partial charge on any atom is 0.416 e. The van der Waals surface area contributed by atoms with Gasteiger partial charge in [0.05, 0.1) is 16.2 Å². The van der Waals surface area contributed by atoms with Crippen LogP contribution in [0.2, 0.25) is 0 Å². The van der Waals surface area contributed by atoms with E-state index in [2.05, 4.69) is 39.8 Å². The molecule has 2 N–H and O–H groups in total. The highest BCUT2D eigenvalue weighted by Crippen LogP contribution is 2.33. The highest BCUT2D eigenvalue weighted by molar-refractivity contribution is 7.97. The van der Waals surface area contributed by atoms with E-state index in [9.17, 15) is 13.2 Å². The predicted molar refractivity (Wildman–Crippen MR) is 151 cm³/mol. The zero-order chi connectivity index (χ0) is 27.4. The Labute approximate surface area is 231 Å². The normalized spacial score (nSPS) is 16.3. The fraction of sp³-hybridized carbons (Fsp3) is 0.464. The summed E-state index contributed by atoms with van der Waals surface area (Å²) < 4.78 is 42.7. The van der Waals surface area contributed by atoms with Crippen molar-refractivity contribution in [2.45, 2.75) is 63.1 Å². The Hall–Kier alpha value is -3.05. The van der Waals surface area contributed by atoms with Gasteiger partial charge in [-0.15, -0.1) is 0 Å². The SMILES string of the molecule is CC(C)NSc1cccnc1N1CCc2nc(N3CCCCC3)nc(Nc3ccc(C(F)(F)F)cc3)c2CC1. The average molecular weight is 558 g/mol. The summed E-state index contributed by atoms with van der Waals surface area (Å²) in [6.45, 7) is 7.51. The van der Waals surface area contributed by atoms with Crippen LogP contribution in [0.15, 0.2) is 47.5 Å². The van der Waals surface area contributed by atoms with Gasteiger partial charge in [0.15, 0.2) is 0 Å². The minimum Gasteiger partial charge on any atom is -0.355 e. The number of aromatic nitrogens is 3. The summed E-state index contributed by atoms with van der Waals surface area (Å²) in [5.41, 5.74) is 1.88. The number of hydrogen-bond donors (Lipinski definition) is 2. The molecule has 3 aromatic rings. The Morgan fingerprint density at radius 2 is 1.64 bits per heavy atom. The minimum absolute atomic E-state index is 0.332. The van der Waals surface area contributed by atoms with Gasteiger partial charge < -0.3 is 15.1 Å². The van der Waals surface area contributed by atoms with Crippen molar-refractivity contribution in [2.75, 3.05) is 41.3 Å². The van der Waals surface area contributed by atoms with Crippen LogP contribution in [-0.2, 0) is 19.0 Å². The van der Waals surface area contributed by atoms with Crippen LogP contribution < -0.4 is 19.8 Å². The summed E-state index contributed by atoms with van der Waals surface area (Å²) >= 11 is 1.59. The summed E-state index contributed by atoms with van der Waals surface area (Å²) in [5, 5.41) is 3.32. The average Bonchev–Trinajstić information content (AvgIpc) is 3.15. The van der Waals surface area contributed by atoms with E-state index in [1.165, 1.54) is 18.6 Å². The third-order valence-corrected chi connectivity index (χ3v) is 8.03. The van der Waals surface area contributed by atoms with Gasteiger partial charge in [0, 0.05) is 56.1 Å². The molecule has 11 heteroatoms. The van der Waals surface area contributed by atoms with Crippen LogP contribution in [0, 0.1) is 0 Å². The van der Waals surface area contributed by atoms with Gasteiger partial charge in [0.2, 0.25) is 5.95 Å². The second-order valence-corrected chi connectivity index (χ2v) is 11.1. The Morgan fingerprint density at radius 3 is 2.36 bits per heavy atom. The van der Waals surface area contributed by atoms with E-state index >= 15 is 0 Å². The maximum atomic E-state index is 13.1. The second-order valence-electron chi connectivity index (χ2n) is 10.2. The summed E-state index contributed by atoms with van der Waals surface area (Å²) in [6, 6.07) is 9.47. The molecule has 39 heavy (non-hydrogen) atoms. The molecule has 0 aliphatic carbocycles. The van der Waals surface area contributed by atoms with Gasteiger partial charge in [-0.2, -0.15) is 18.2 Å². The minimum atomic E-state index is -4.37. The molecule has 1 saturated heterocycles. The van der Waals surface area contributed by atoms with Gasteiger partial charge in [0.25, 0.3) is 0 Å². The molecule has 1 aromatic carbocycles. The third kappa shape index (κ3) is 6.75. The topological polar surface area (TPSA) is 69.2 Å². The molecule has 7 nitrogen and oxygen atoms in total. The quantitative estimate of drug-likeness (QED) is 0.331. The molecule has 5 rings (SSSR count). The van der Waals surface area contributed by atoms with E-state index < -0.39 is 11.7 Å². The molecule has 0 atom stereocenters. The first-order chi connectivity index (χ1) is 18.8. The largest absolute Gasteiger partial charge is 0.416 e. The molecule has 0 radical (unpaired) electrons. The number of alkyl halides is 3. The second kappa shape index (κ2) is 12.0. The number of piperidine rings is 1. The molecule has 208 valence electrons. The Morgan fingerprint density at radius 1 is 0.897 bits per heavy atom. The fourth-order valence-electron chi connectivity index (χ4n) is 4.90. The number of nitrogens with one attached hydrogen (secondary N) is 2. The van der Waals surface area contributed by atoms with E-state index in [0.29, 0.717) is 29.9 Å². The van der Waals surface area contributed by atoms with Crippen LogP contribution in [0.3, 0.4) is 0 Å². The predicted octanol–water partition coefficient (Wildman–Crippen LogP) is 6.23. The molecular formula is C28H34F3N7S. The zero-order valence-corrected chi connectivity index (χ0v) is 23.1. The molecule has 0 bridgehead atoms. The van der Waals surface area contributed by atoms with Crippen molar-refractivity contribution in [1.82, 2.24) is 19.7 Å². The first kappa shape index (κ1) is 27.5. The van der Waals surface area contributed by atoms with Crippen molar-refractivity contribution in [1.29, 1.82) is 0 Å². The molecule has 1 fully saturated rings. The molecular weight excluding hydrogens is 523 g/mol. The van der Waals surface area contributed by atoms with Crippen LogP contribution in [0.25, 0.3) is 0 Å². The molecule has 2 aliphatic heterocycles. The van der Waals surface area contributed by atoms with Crippen molar-refractivity contribution in [3.63, 3.8) is 0 Å². The summed E-state index contributed by atoms with van der Waals surface area (Å²) in [6.07, 6.45) is 2.25. The lowest BCUT2D eigenvalue weighted by Crippen LogP contribution is -2.31. The molecule has 0 saturated carbocycles. The van der Waals surface area contributed by atoms with Gasteiger partial charge in [-0.3, -0.25) is 4.72 Å². The Kier molecular flexibility index (Phi) is 8.46. The highest BCUT2D eigenvalue weighted by atomic mass is 32.2. The lowest BCUT2D eigenvalue weighted by molar-refractivity contribution is -0.137. The Balaban J connectivity index is 1.44. The van der Waals surface area contributed by atoms with Gasteiger partial charge in [0.1, 0.15) is 11.6 Å². The van der Waals surface area contributed by atoms with Crippen molar-refractivity contribution in [2.24, 2.45) is 0 Å². The standard InChI is InChI=1S/C28H34F3N7S/c1-19(2)36-39-24-7-6-14-32-26(24)37-17-12-22-23(13-18-37)34-27(38-15-4-3-5-16-38)35-25(22)33-21-10-8-20(9-11-21)28(29,30)31/h6-11,14,19,36H,3-5,12-13,15-18H2,1-2H3,(H,33,34,35). The number of anilines is 4. The first-order valence-electron chi connectivity index (χ1n) is 13.5. The van der Waals surface area contributed by atoms with E-state index in [1.807, 2.05) is 12.3 Å². The van der Waals surface area contributed by atoms with Crippen LogP contribution in [0.1, 0.15) is 49.9 Å². The molecule has 0 spiro atoms. The third-order valence-electron chi connectivity index (χ3n) is 6.90. The smallest absolute Gasteiger partial charge is 0.355 e. The number of halogens is 3. The molecule has 4 heterocycles. The van der Waals surface area contributed by atoms with Crippen LogP contribution in [-0.4, -0.2) is 47.2 Å². The number of fused-ring (bicyclic) bond motifs is 1. The van der Waals surface area contributed by atoms with Gasteiger partial charge in [-0.05, 0) is 87.9 Å². The molecule has 2 aliphatic rings. The van der Waals surface area contributed by atoms with Crippen LogP contribution >= 0.6 is 11.9 Å². The van der Waals surface area contributed by atoms with E-state index in [4.69, 9.17) is 15.0 Å². The van der Waals surface area contributed by atoms with E-state index in [0.717, 1.165) is 79.5 Å². The summed E-state index contributed by atoms with van der Waals surface area (Å²) in [5.74, 6) is 2.29. The van der Waals surface area contributed by atoms with Gasteiger partial charge in [-0.25, -0.2) is 9.97 Å². The van der Waals surface area contributed by atoms with Gasteiger partial charge >= 0.3 is 6.18 Å².